The monoisotopic (exact) mass is 788 g/mol. The van der Waals surface area contributed by atoms with E-state index in [2.05, 4.69) is 252 Å². The molecule has 2 heteroatoms. The fourth-order valence-corrected chi connectivity index (χ4v) is 9.68. The van der Waals surface area contributed by atoms with Crippen LogP contribution in [0.5, 0.6) is 0 Å². The zero-order valence-corrected chi connectivity index (χ0v) is 34.0. The van der Waals surface area contributed by atoms with Crippen LogP contribution >= 0.6 is 0 Å². The SMILES string of the molecule is c1ccc(-c2ccc(N(c3ccc4c5ccccc5n(-c5ccccc5)c4c3)c3cccc(-c4ccc5ccccc5c4)c3-c3cc4ccccc4c4ccccc34)cc2)cc1. The second kappa shape index (κ2) is 14.8. The lowest BCUT2D eigenvalue weighted by molar-refractivity contribution is 1.18. The molecule has 0 aliphatic rings. The second-order valence-corrected chi connectivity index (χ2v) is 16.1. The van der Waals surface area contributed by atoms with Crippen molar-refractivity contribution >= 4 is 71.2 Å². The first-order valence-electron chi connectivity index (χ1n) is 21.3. The van der Waals surface area contributed by atoms with Crippen molar-refractivity contribution in [3.63, 3.8) is 0 Å². The molecule has 0 fully saturated rings. The zero-order chi connectivity index (χ0) is 41.0. The van der Waals surface area contributed by atoms with Gasteiger partial charge in [-0.25, -0.2) is 0 Å². The summed E-state index contributed by atoms with van der Waals surface area (Å²) in [7, 11) is 0. The van der Waals surface area contributed by atoms with Crippen molar-refractivity contribution in [3.05, 3.63) is 243 Å². The first kappa shape index (κ1) is 35.7. The van der Waals surface area contributed by atoms with E-state index in [4.69, 9.17) is 0 Å². The van der Waals surface area contributed by atoms with Crippen molar-refractivity contribution in [2.75, 3.05) is 4.90 Å². The van der Waals surface area contributed by atoms with Gasteiger partial charge in [-0.1, -0.05) is 182 Å². The van der Waals surface area contributed by atoms with Gasteiger partial charge in [0.1, 0.15) is 0 Å². The van der Waals surface area contributed by atoms with E-state index in [0.717, 1.165) is 28.3 Å². The number of rotatable bonds is 7. The Balaban J connectivity index is 1.18. The van der Waals surface area contributed by atoms with Crippen molar-refractivity contribution < 1.29 is 0 Å². The summed E-state index contributed by atoms with van der Waals surface area (Å²) in [5.41, 5.74) is 13.8. The van der Waals surface area contributed by atoms with E-state index in [-0.39, 0.29) is 0 Å². The largest absolute Gasteiger partial charge is 0.310 e. The predicted octanol–water partition coefficient (Wildman–Crippen LogP) is 16.7. The highest BCUT2D eigenvalue weighted by molar-refractivity contribution is 6.17. The van der Waals surface area contributed by atoms with Crippen LogP contribution in [0.25, 0.3) is 93.2 Å². The lowest BCUT2D eigenvalue weighted by Crippen LogP contribution is -2.12. The zero-order valence-electron chi connectivity index (χ0n) is 34.0. The highest BCUT2D eigenvalue weighted by atomic mass is 15.1. The number of anilines is 3. The van der Waals surface area contributed by atoms with Crippen molar-refractivity contribution in [1.82, 2.24) is 4.57 Å². The molecule has 0 saturated carbocycles. The molecule has 12 rings (SSSR count). The minimum Gasteiger partial charge on any atom is -0.310 e. The van der Waals surface area contributed by atoms with Gasteiger partial charge in [-0.15, -0.1) is 0 Å². The van der Waals surface area contributed by atoms with E-state index in [9.17, 15) is 0 Å². The van der Waals surface area contributed by atoms with Crippen LogP contribution in [0, 0.1) is 0 Å². The molecule has 0 amide bonds. The fourth-order valence-electron chi connectivity index (χ4n) is 9.68. The quantitative estimate of drug-likeness (QED) is 0.146. The number of fused-ring (bicyclic) bond motifs is 7. The van der Waals surface area contributed by atoms with Gasteiger partial charge in [0.25, 0.3) is 0 Å². The van der Waals surface area contributed by atoms with Crippen LogP contribution in [0.4, 0.5) is 17.1 Å². The summed E-state index contributed by atoms with van der Waals surface area (Å²) in [6, 6.07) is 88.8. The lowest BCUT2D eigenvalue weighted by Gasteiger charge is -2.30. The summed E-state index contributed by atoms with van der Waals surface area (Å²) < 4.78 is 2.41. The third-order valence-electron chi connectivity index (χ3n) is 12.5. The van der Waals surface area contributed by atoms with Crippen LogP contribution in [0.3, 0.4) is 0 Å². The van der Waals surface area contributed by atoms with Crippen LogP contribution in [-0.4, -0.2) is 4.57 Å². The summed E-state index contributed by atoms with van der Waals surface area (Å²) in [5, 5.41) is 9.84. The average molecular weight is 789 g/mol. The van der Waals surface area contributed by atoms with Crippen molar-refractivity contribution in [1.29, 1.82) is 0 Å². The van der Waals surface area contributed by atoms with Gasteiger partial charge in [0.05, 0.1) is 16.7 Å². The van der Waals surface area contributed by atoms with Crippen LogP contribution in [0.1, 0.15) is 0 Å². The molecule has 1 heterocycles. The van der Waals surface area contributed by atoms with E-state index in [1.807, 2.05) is 0 Å². The lowest BCUT2D eigenvalue weighted by atomic mass is 9.87. The Morgan fingerprint density at radius 1 is 0.290 bits per heavy atom. The van der Waals surface area contributed by atoms with Gasteiger partial charge in [-0.3, -0.25) is 0 Å². The maximum absolute atomic E-state index is 2.48. The molecule has 2 nitrogen and oxygen atoms in total. The van der Waals surface area contributed by atoms with E-state index in [1.54, 1.807) is 0 Å². The summed E-state index contributed by atoms with van der Waals surface area (Å²) in [6.07, 6.45) is 0. The highest BCUT2D eigenvalue weighted by Crippen LogP contribution is 2.49. The molecular weight excluding hydrogens is 749 g/mol. The number of hydrogen-bond acceptors (Lipinski definition) is 1. The molecule has 1 aromatic heterocycles. The van der Waals surface area contributed by atoms with Crippen molar-refractivity contribution in [2.45, 2.75) is 0 Å². The second-order valence-electron chi connectivity index (χ2n) is 16.1. The normalized spacial score (nSPS) is 11.5. The Labute approximate surface area is 360 Å². The van der Waals surface area contributed by atoms with Gasteiger partial charge in [0.2, 0.25) is 0 Å². The molecule has 0 N–H and O–H groups in total. The molecule has 0 unspecified atom stereocenters. The molecule has 0 saturated heterocycles. The van der Waals surface area contributed by atoms with Crippen LogP contribution < -0.4 is 4.90 Å². The van der Waals surface area contributed by atoms with Gasteiger partial charge < -0.3 is 9.47 Å². The van der Waals surface area contributed by atoms with Gasteiger partial charge in [-0.2, -0.15) is 0 Å². The minimum absolute atomic E-state index is 1.08. The van der Waals surface area contributed by atoms with Gasteiger partial charge in [0.15, 0.2) is 0 Å². The number of hydrogen-bond donors (Lipinski definition) is 0. The standard InChI is InChI=1S/C60H40N2/c1-3-16-41(17-4-1)43-32-34-48(35-33-43)61(49-36-37-55-54-26-13-14-28-57(54)62(59(55)40-49)47-21-5-2-6-22-47)58-29-15-27-51(46-31-30-42-18-7-8-19-44(42)38-46)60(58)56-39-45-20-9-10-23-50(45)52-24-11-12-25-53(52)56/h1-40H. The number of aromatic nitrogens is 1. The van der Waals surface area contributed by atoms with E-state index in [1.165, 1.54) is 82.0 Å². The maximum Gasteiger partial charge on any atom is 0.0561 e. The first-order valence-corrected chi connectivity index (χ1v) is 21.3. The summed E-state index contributed by atoms with van der Waals surface area (Å²) in [6.45, 7) is 0. The van der Waals surface area contributed by atoms with Gasteiger partial charge in [0, 0.05) is 33.4 Å². The van der Waals surface area contributed by atoms with Crippen LogP contribution in [0.2, 0.25) is 0 Å². The third kappa shape index (κ3) is 5.96. The minimum atomic E-state index is 1.08. The molecule has 12 aromatic rings. The number of nitrogens with zero attached hydrogens (tertiary/aromatic N) is 2. The molecule has 290 valence electrons. The van der Waals surface area contributed by atoms with E-state index < -0.39 is 0 Å². The summed E-state index contributed by atoms with van der Waals surface area (Å²) in [5.74, 6) is 0. The molecular formula is C60H40N2. The summed E-state index contributed by atoms with van der Waals surface area (Å²) >= 11 is 0. The Morgan fingerprint density at radius 3 is 1.69 bits per heavy atom. The number of benzene rings is 11. The number of para-hydroxylation sites is 2. The summed E-state index contributed by atoms with van der Waals surface area (Å²) in [4.78, 5) is 2.48. The van der Waals surface area contributed by atoms with Crippen LogP contribution in [0.15, 0.2) is 243 Å². The molecule has 0 radical (unpaired) electrons. The smallest absolute Gasteiger partial charge is 0.0561 e. The Bertz CT molecular complexity index is 3620. The van der Waals surface area contributed by atoms with Crippen molar-refractivity contribution in [3.8, 4) is 39.1 Å². The predicted molar refractivity (Wildman–Crippen MR) is 264 cm³/mol. The van der Waals surface area contributed by atoms with Crippen LogP contribution in [-0.2, 0) is 0 Å². The Hall–Kier alpha value is -8.20. The third-order valence-corrected chi connectivity index (χ3v) is 12.5. The fraction of sp³-hybridized carbons (Fsp3) is 0. The molecule has 11 aromatic carbocycles. The van der Waals surface area contributed by atoms with Gasteiger partial charge in [-0.05, 0) is 121 Å². The average Bonchev–Trinajstić information content (AvgIpc) is 3.68. The van der Waals surface area contributed by atoms with E-state index in [0.29, 0.717) is 0 Å². The topological polar surface area (TPSA) is 8.17 Å². The van der Waals surface area contributed by atoms with Gasteiger partial charge >= 0.3 is 0 Å². The van der Waals surface area contributed by atoms with E-state index >= 15 is 0 Å². The molecule has 0 aliphatic heterocycles. The van der Waals surface area contributed by atoms with Crippen molar-refractivity contribution in [2.24, 2.45) is 0 Å². The molecule has 62 heavy (non-hydrogen) atoms. The highest BCUT2D eigenvalue weighted by Gasteiger charge is 2.24. The first-order chi connectivity index (χ1) is 30.8. The maximum atomic E-state index is 2.48. The Kier molecular flexibility index (Phi) is 8.53. The Morgan fingerprint density at radius 2 is 0.887 bits per heavy atom. The molecule has 0 bridgehead atoms. The molecule has 0 aliphatic carbocycles. The molecule has 0 atom stereocenters. The molecule has 0 spiro atoms.